The summed E-state index contributed by atoms with van der Waals surface area (Å²) in [5, 5.41) is 0. The minimum absolute atomic E-state index is 0.156. The first-order valence-electron chi connectivity index (χ1n) is 8.46. The molecular formula is C18H27NO3S. The lowest BCUT2D eigenvalue weighted by Crippen LogP contribution is -2.67. The van der Waals surface area contributed by atoms with E-state index < -0.39 is 14.6 Å². The van der Waals surface area contributed by atoms with Crippen LogP contribution in [0.15, 0.2) is 18.2 Å². The normalized spacial score (nSPS) is 25.6. The Balaban J connectivity index is 1.69. The van der Waals surface area contributed by atoms with E-state index in [1.807, 2.05) is 6.92 Å². The maximum Gasteiger partial charge on any atom is 0.158 e. The third-order valence-electron chi connectivity index (χ3n) is 5.29. The molecule has 4 nitrogen and oxygen atoms in total. The molecule has 0 aromatic heterocycles. The molecular weight excluding hydrogens is 310 g/mol. The SMILES string of the molecule is CCOC[C@H]1CCS(=O)(=O)C12CN(Cc1cc(C)cc(C)c1)C2. The predicted molar refractivity (Wildman–Crippen MR) is 92.3 cm³/mol. The van der Waals surface area contributed by atoms with Crippen molar-refractivity contribution in [3.05, 3.63) is 34.9 Å². The fourth-order valence-corrected chi connectivity index (χ4v) is 6.66. The highest BCUT2D eigenvalue weighted by molar-refractivity contribution is 7.93. The minimum Gasteiger partial charge on any atom is -0.381 e. The number of rotatable bonds is 5. The molecule has 2 saturated heterocycles. The highest BCUT2D eigenvalue weighted by Crippen LogP contribution is 2.45. The van der Waals surface area contributed by atoms with Crippen LogP contribution < -0.4 is 0 Å². The van der Waals surface area contributed by atoms with Crippen LogP contribution in [0.25, 0.3) is 0 Å². The Morgan fingerprint density at radius 3 is 2.48 bits per heavy atom. The van der Waals surface area contributed by atoms with Crippen LogP contribution in [0.4, 0.5) is 0 Å². The summed E-state index contributed by atoms with van der Waals surface area (Å²) < 4.78 is 30.1. The highest BCUT2D eigenvalue weighted by atomic mass is 32.2. The molecule has 128 valence electrons. The quantitative estimate of drug-likeness (QED) is 0.827. The molecule has 3 rings (SSSR count). The van der Waals surface area contributed by atoms with Gasteiger partial charge < -0.3 is 4.74 Å². The zero-order valence-corrected chi connectivity index (χ0v) is 15.2. The Morgan fingerprint density at radius 1 is 1.22 bits per heavy atom. The van der Waals surface area contributed by atoms with Gasteiger partial charge in [0.1, 0.15) is 4.75 Å². The monoisotopic (exact) mass is 337 g/mol. The number of benzene rings is 1. The molecule has 2 fully saturated rings. The summed E-state index contributed by atoms with van der Waals surface area (Å²) in [6.07, 6.45) is 0.750. The van der Waals surface area contributed by atoms with Crippen LogP contribution in [0.1, 0.15) is 30.0 Å². The first kappa shape index (κ1) is 16.9. The van der Waals surface area contributed by atoms with Gasteiger partial charge in [-0.3, -0.25) is 4.90 Å². The topological polar surface area (TPSA) is 46.6 Å². The second-order valence-corrected chi connectivity index (χ2v) is 9.62. The summed E-state index contributed by atoms with van der Waals surface area (Å²) in [4.78, 5) is 2.26. The average Bonchev–Trinajstić information content (AvgIpc) is 2.67. The summed E-state index contributed by atoms with van der Waals surface area (Å²) in [6, 6.07) is 6.55. The molecule has 23 heavy (non-hydrogen) atoms. The van der Waals surface area contributed by atoms with Crippen molar-refractivity contribution in [3.8, 4) is 0 Å². The molecule has 0 aliphatic carbocycles. The van der Waals surface area contributed by atoms with Gasteiger partial charge in [-0.2, -0.15) is 0 Å². The van der Waals surface area contributed by atoms with Gasteiger partial charge in [0.25, 0.3) is 0 Å². The molecule has 1 aromatic carbocycles. The van der Waals surface area contributed by atoms with E-state index in [1.54, 1.807) is 0 Å². The Hall–Kier alpha value is -0.910. The Morgan fingerprint density at radius 2 is 1.87 bits per heavy atom. The van der Waals surface area contributed by atoms with Gasteiger partial charge in [-0.05, 0) is 32.8 Å². The van der Waals surface area contributed by atoms with E-state index in [0.717, 1.165) is 13.0 Å². The lowest BCUT2D eigenvalue weighted by Gasteiger charge is -2.50. The van der Waals surface area contributed by atoms with Gasteiger partial charge in [0.2, 0.25) is 0 Å². The second-order valence-electron chi connectivity index (χ2n) is 7.17. The number of aryl methyl sites for hydroxylation is 2. The molecule has 1 aromatic rings. The maximum absolute atomic E-state index is 12.6. The molecule has 1 atom stereocenters. The molecule has 2 heterocycles. The standard InChI is InChI=1S/C18H27NO3S/c1-4-22-11-17-5-6-23(20,21)18(17)12-19(13-18)10-16-8-14(2)7-15(3)9-16/h7-9,17H,4-6,10-13H2,1-3H3/t17-/m1/s1. The highest BCUT2D eigenvalue weighted by Gasteiger charge is 2.61. The van der Waals surface area contributed by atoms with Crippen molar-refractivity contribution >= 4 is 9.84 Å². The van der Waals surface area contributed by atoms with E-state index in [0.29, 0.717) is 32.1 Å². The number of likely N-dealkylation sites (tertiary alicyclic amines) is 1. The summed E-state index contributed by atoms with van der Waals surface area (Å²) in [6.45, 7) is 9.54. The Labute approximate surface area is 139 Å². The van der Waals surface area contributed by atoms with Crippen molar-refractivity contribution < 1.29 is 13.2 Å². The largest absolute Gasteiger partial charge is 0.381 e. The van der Waals surface area contributed by atoms with Crippen LogP contribution in [0, 0.1) is 19.8 Å². The molecule has 2 aliphatic heterocycles. The first-order valence-corrected chi connectivity index (χ1v) is 10.1. The Bertz CT molecular complexity index is 657. The number of hydrogen-bond acceptors (Lipinski definition) is 4. The van der Waals surface area contributed by atoms with E-state index >= 15 is 0 Å². The molecule has 0 bridgehead atoms. The molecule has 0 unspecified atom stereocenters. The number of ether oxygens (including phenoxy) is 1. The zero-order chi connectivity index (χ0) is 16.7. The summed E-state index contributed by atoms with van der Waals surface area (Å²) in [5.74, 6) is 0.477. The van der Waals surface area contributed by atoms with Crippen molar-refractivity contribution in [1.29, 1.82) is 0 Å². The number of hydrogen-bond donors (Lipinski definition) is 0. The van der Waals surface area contributed by atoms with Crippen molar-refractivity contribution in [1.82, 2.24) is 4.90 Å². The van der Waals surface area contributed by atoms with E-state index in [1.165, 1.54) is 16.7 Å². The molecule has 0 N–H and O–H groups in total. The van der Waals surface area contributed by atoms with Gasteiger partial charge in [-0.25, -0.2) is 8.42 Å². The predicted octanol–water partition coefficient (Wildman–Crippen LogP) is 2.33. The van der Waals surface area contributed by atoms with Crippen LogP contribution in [-0.4, -0.2) is 50.1 Å². The van der Waals surface area contributed by atoms with Gasteiger partial charge >= 0.3 is 0 Å². The fraction of sp³-hybridized carbons (Fsp3) is 0.667. The average molecular weight is 337 g/mol. The van der Waals surface area contributed by atoms with E-state index in [4.69, 9.17) is 4.74 Å². The van der Waals surface area contributed by atoms with Crippen LogP contribution in [0.2, 0.25) is 0 Å². The van der Waals surface area contributed by atoms with Crippen molar-refractivity contribution in [3.63, 3.8) is 0 Å². The zero-order valence-electron chi connectivity index (χ0n) is 14.3. The molecule has 0 saturated carbocycles. The lowest BCUT2D eigenvalue weighted by atomic mass is 9.83. The van der Waals surface area contributed by atoms with Crippen molar-refractivity contribution in [2.75, 3.05) is 32.1 Å². The van der Waals surface area contributed by atoms with Crippen molar-refractivity contribution in [2.45, 2.75) is 38.5 Å². The summed E-state index contributed by atoms with van der Waals surface area (Å²) >= 11 is 0. The molecule has 5 heteroatoms. The van der Waals surface area contributed by atoms with E-state index in [-0.39, 0.29) is 5.92 Å². The molecule has 0 amide bonds. The first-order chi connectivity index (χ1) is 10.9. The third-order valence-corrected chi connectivity index (χ3v) is 7.90. The number of sulfone groups is 1. The van der Waals surface area contributed by atoms with Gasteiger partial charge in [0, 0.05) is 32.2 Å². The molecule has 0 radical (unpaired) electrons. The summed E-state index contributed by atoms with van der Waals surface area (Å²) in [7, 11) is -2.99. The second kappa shape index (κ2) is 6.19. The van der Waals surface area contributed by atoms with Crippen molar-refractivity contribution in [2.24, 2.45) is 5.92 Å². The lowest BCUT2D eigenvalue weighted by molar-refractivity contribution is 0.0292. The minimum atomic E-state index is -2.99. The summed E-state index contributed by atoms with van der Waals surface area (Å²) in [5.41, 5.74) is 3.80. The van der Waals surface area contributed by atoms with Gasteiger partial charge in [-0.15, -0.1) is 0 Å². The van der Waals surface area contributed by atoms with E-state index in [9.17, 15) is 8.42 Å². The van der Waals surface area contributed by atoms with Gasteiger partial charge in [0.15, 0.2) is 9.84 Å². The molecule has 1 spiro atoms. The number of nitrogens with zero attached hydrogens (tertiary/aromatic N) is 1. The van der Waals surface area contributed by atoms with Crippen LogP contribution >= 0.6 is 0 Å². The fourth-order valence-electron chi connectivity index (χ4n) is 4.21. The van der Waals surface area contributed by atoms with E-state index in [2.05, 4.69) is 36.9 Å². The maximum atomic E-state index is 12.6. The molecule has 2 aliphatic rings. The van der Waals surface area contributed by atoms with Gasteiger partial charge in [0.05, 0.1) is 12.4 Å². The smallest absolute Gasteiger partial charge is 0.158 e. The van der Waals surface area contributed by atoms with Crippen LogP contribution in [0.5, 0.6) is 0 Å². The Kier molecular flexibility index (Phi) is 4.55. The van der Waals surface area contributed by atoms with Crippen LogP contribution in [0.3, 0.4) is 0 Å². The third kappa shape index (κ3) is 3.06. The van der Waals surface area contributed by atoms with Gasteiger partial charge in [-0.1, -0.05) is 29.3 Å². The van der Waals surface area contributed by atoms with Crippen LogP contribution in [-0.2, 0) is 21.1 Å².